The van der Waals surface area contributed by atoms with Gasteiger partial charge in [-0.1, -0.05) is 64.0 Å². The molecule has 1 aliphatic rings. The van der Waals surface area contributed by atoms with Crippen LogP contribution in [0.25, 0.3) is 10.9 Å². The number of halogens is 1. The van der Waals surface area contributed by atoms with Gasteiger partial charge in [0.25, 0.3) is 5.91 Å². The van der Waals surface area contributed by atoms with Crippen LogP contribution in [-0.4, -0.2) is 22.3 Å². The number of hydrogen-bond acceptors (Lipinski definition) is 1. The van der Waals surface area contributed by atoms with Crippen molar-refractivity contribution < 1.29 is 4.79 Å². The fourth-order valence-corrected chi connectivity index (χ4v) is 4.58. The first-order valence-corrected chi connectivity index (χ1v) is 10.6. The minimum atomic E-state index is -0.122. The van der Waals surface area contributed by atoms with Crippen LogP contribution in [0.4, 0.5) is 0 Å². The van der Waals surface area contributed by atoms with E-state index < -0.39 is 0 Å². The highest BCUT2D eigenvalue weighted by Gasteiger charge is 2.34. The Morgan fingerprint density at radius 1 is 1.00 bits per heavy atom. The van der Waals surface area contributed by atoms with Gasteiger partial charge in [-0.3, -0.25) is 4.79 Å². The third kappa shape index (κ3) is 3.18. The van der Waals surface area contributed by atoms with Crippen LogP contribution < -0.4 is 0 Å². The van der Waals surface area contributed by atoms with Gasteiger partial charge in [-0.05, 0) is 54.8 Å². The number of rotatable bonds is 2. The van der Waals surface area contributed by atoms with Gasteiger partial charge in [-0.15, -0.1) is 0 Å². The lowest BCUT2D eigenvalue weighted by Gasteiger charge is -2.36. The molecule has 1 atom stereocenters. The molecule has 0 spiro atoms. The van der Waals surface area contributed by atoms with Crippen LogP contribution in [0.2, 0.25) is 0 Å². The van der Waals surface area contributed by atoms with Crippen LogP contribution in [-0.2, 0) is 6.42 Å². The van der Waals surface area contributed by atoms with Crippen molar-refractivity contribution in [1.29, 1.82) is 0 Å². The van der Waals surface area contributed by atoms with Gasteiger partial charge in [0.15, 0.2) is 0 Å². The normalized spacial score (nSPS) is 16.1. The number of nitrogens with zero attached hydrogens (tertiary/aromatic N) is 1. The average molecular weight is 445 g/mol. The highest BCUT2D eigenvalue weighted by molar-refractivity contribution is 9.10. The summed E-state index contributed by atoms with van der Waals surface area (Å²) >= 11 is 3.46. The van der Waals surface area contributed by atoms with Gasteiger partial charge in [0, 0.05) is 33.2 Å². The standard InChI is InChI=1S/C25H21BrN2O/c1-16-6-8-17(9-7-16)24-23-21(20-4-2-3-5-22(20)27-23)14-15-28(24)25(29)18-10-12-19(26)13-11-18/h2-13,24,27H,14-15H2,1H3/t24-/m1/s1. The fourth-order valence-electron chi connectivity index (χ4n) is 4.31. The van der Waals surface area contributed by atoms with Gasteiger partial charge in [0.05, 0.1) is 6.04 Å². The molecule has 4 heteroatoms. The number of aromatic amines is 1. The first-order valence-electron chi connectivity index (χ1n) is 9.84. The number of carbonyl (C=O) groups is 1. The van der Waals surface area contributed by atoms with E-state index in [-0.39, 0.29) is 11.9 Å². The SMILES string of the molecule is Cc1ccc([C@@H]2c3[nH]c4ccccc4c3CCN2C(=O)c2ccc(Br)cc2)cc1. The molecule has 5 rings (SSSR count). The lowest BCUT2D eigenvalue weighted by molar-refractivity contribution is 0.0692. The molecule has 0 fully saturated rings. The molecule has 0 radical (unpaired) electrons. The molecule has 0 saturated heterocycles. The Balaban J connectivity index is 1.65. The van der Waals surface area contributed by atoms with Crippen LogP contribution in [0.1, 0.15) is 38.8 Å². The molecular weight excluding hydrogens is 424 g/mol. The molecular formula is C25H21BrN2O. The summed E-state index contributed by atoms with van der Waals surface area (Å²) < 4.78 is 0.973. The summed E-state index contributed by atoms with van der Waals surface area (Å²) in [5, 5.41) is 1.26. The molecule has 0 aliphatic carbocycles. The first-order chi connectivity index (χ1) is 14.1. The van der Waals surface area contributed by atoms with Crippen molar-refractivity contribution in [2.45, 2.75) is 19.4 Å². The summed E-state index contributed by atoms with van der Waals surface area (Å²) in [5.74, 6) is 0.0624. The molecule has 3 nitrogen and oxygen atoms in total. The summed E-state index contributed by atoms with van der Waals surface area (Å²) in [5.41, 5.74) is 6.65. The number of H-pyrrole nitrogens is 1. The molecule has 0 saturated carbocycles. The van der Waals surface area contributed by atoms with Gasteiger partial charge < -0.3 is 9.88 Å². The average Bonchev–Trinajstić information content (AvgIpc) is 3.12. The number of aryl methyl sites for hydroxylation is 1. The van der Waals surface area contributed by atoms with Gasteiger partial charge in [-0.25, -0.2) is 0 Å². The summed E-state index contributed by atoms with van der Waals surface area (Å²) in [7, 11) is 0. The molecule has 1 aromatic heterocycles. The van der Waals surface area contributed by atoms with E-state index in [1.807, 2.05) is 29.2 Å². The maximum atomic E-state index is 13.5. The van der Waals surface area contributed by atoms with Crippen molar-refractivity contribution in [3.05, 3.63) is 105 Å². The zero-order valence-electron chi connectivity index (χ0n) is 16.2. The van der Waals surface area contributed by atoms with Crippen LogP contribution in [0.15, 0.2) is 77.3 Å². The van der Waals surface area contributed by atoms with Crippen LogP contribution in [0.5, 0.6) is 0 Å². The molecule has 29 heavy (non-hydrogen) atoms. The highest BCUT2D eigenvalue weighted by atomic mass is 79.9. The number of aromatic nitrogens is 1. The maximum absolute atomic E-state index is 13.5. The van der Waals surface area contributed by atoms with E-state index in [4.69, 9.17) is 0 Å². The quantitative estimate of drug-likeness (QED) is 0.402. The molecule has 1 N–H and O–H groups in total. The van der Waals surface area contributed by atoms with E-state index >= 15 is 0 Å². The largest absolute Gasteiger partial charge is 0.356 e. The molecule has 3 aromatic carbocycles. The molecule has 1 aliphatic heterocycles. The van der Waals surface area contributed by atoms with Gasteiger partial charge >= 0.3 is 0 Å². The van der Waals surface area contributed by atoms with Crippen molar-refractivity contribution in [3.8, 4) is 0 Å². The predicted molar refractivity (Wildman–Crippen MR) is 120 cm³/mol. The van der Waals surface area contributed by atoms with Crippen LogP contribution in [0.3, 0.4) is 0 Å². The number of amides is 1. The maximum Gasteiger partial charge on any atom is 0.254 e. The molecule has 0 bridgehead atoms. The Bertz CT molecular complexity index is 1190. The Labute approximate surface area is 178 Å². The second kappa shape index (κ2) is 7.20. The lowest BCUT2D eigenvalue weighted by atomic mass is 9.91. The van der Waals surface area contributed by atoms with Crippen molar-refractivity contribution >= 4 is 32.7 Å². The smallest absolute Gasteiger partial charge is 0.254 e. The summed E-state index contributed by atoms with van der Waals surface area (Å²) in [4.78, 5) is 19.1. The van der Waals surface area contributed by atoms with E-state index in [1.165, 1.54) is 16.5 Å². The minimum absolute atomic E-state index is 0.0624. The fraction of sp³-hybridized carbons (Fsp3) is 0.160. The predicted octanol–water partition coefficient (Wildman–Crippen LogP) is 6.03. The number of fused-ring (bicyclic) bond motifs is 3. The van der Waals surface area contributed by atoms with Gasteiger partial charge in [0.2, 0.25) is 0 Å². The van der Waals surface area contributed by atoms with E-state index in [0.29, 0.717) is 12.1 Å². The number of carbonyl (C=O) groups excluding carboxylic acids is 1. The third-order valence-electron chi connectivity index (χ3n) is 5.78. The lowest BCUT2D eigenvalue weighted by Crippen LogP contribution is -2.40. The molecule has 1 amide bonds. The Morgan fingerprint density at radius 3 is 2.48 bits per heavy atom. The van der Waals surface area contributed by atoms with Crippen LogP contribution >= 0.6 is 15.9 Å². The van der Waals surface area contributed by atoms with E-state index in [0.717, 1.165) is 27.7 Å². The van der Waals surface area contributed by atoms with E-state index in [9.17, 15) is 4.79 Å². The first kappa shape index (κ1) is 18.2. The number of benzene rings is 3. The molecule has 2 heterocycles. The second-order valence-corrected chi connectivity index (χ2v) is 8.55. The zero-order chi connectivity index (χ0) is 20.0. The number of para-hydroxylation sites is 1. The Kier molecular flexibility index (Phi) is 4.51. The highest BCUT2D eigenvalue weighted by Crippen LogP contribution is 2.39. The van der Waals surface area contributed by atoms with E-state index in [1.54, 1.807) is 0 Å². The summed E-state index contributed by atoms with van der Waals surface area (Å²) in [6.07, 6.45) is 0.851. The topological polar surface area (TPSA) is 36.1 Å². The summed E-state index contributed by atoms with van der Waals surface area (Å²) in [6, 6.07) is 24.4. The second-order valence-electron chi connectivity index (χ2n) is 7.63. The molecule has 144 valence electrons. The molecule has 4 aromatic rings. The van der Waals surface area contributed by atoms with Gasteiger partial charge in [0.1, 0.15) is 0 Å². The van der Waals surface area contributed by atoms with Crippen LogP contribution in [0, 0.1) is 6.92 Å². The minimum Gasteiger partial charge on any atom is -0.356 e. The number of hydrogen-bond donors (Lipinski definition) is 1. The van der Waals surface area contributed by atoms with Gasteiger partial charge in [-0.2, -0.15) is 0 Å². The van der Waals surface area contributed by atoms with Crippen molar-refractivity contribution in [3.63, 3.8) is 0 Å². The van der Waals surface area contributed by atoms with Crippen molar-refractivity contribution in [1.82, 2.24) is 9.88 Å². The number of nitrogens with one attached hydrogen (secondary N) is 1. The Hall–Kier alpha value is -2.85. The van der Waals surface area contributed by atoms with Crippen molar-refractivity contribution in [2.75, 3.05) is 6.54 Å². The van der Waals surface area contributed by atoms with E-state index in [2.05, 4.69) is 76.4 Å². The monoisotopic (exact) mass is 444 g/mol. The third-order valence-corrected chi connectivity index (χ3v) is 6.31. The summed E-state index contributed by atoms with van der Waals surface area (Å²) in [6.45, 7) is 2.78. The molecule has 0 unspecified atom stereocenters. The Morgan fingerprint density at radius 2 is 1.72 bits per heavy atom. The zero-order valence-corrected chi connectivity index (χ0v) is 17.7. The van der Waals surface area contributed by atoms with Crippen molar-refractivity contribution in [2.24, 2.45) is 0 Å².